The predicted octanol–water partition coefficient (Wildman–Crippen LogP) is 1.94. The topological polar surface area (TPSA) is 49.8 Å². The lowest BCUT2D eigenvalue weighted by Crippen LogP contribution is -2.32. The molecule has 4 nitrogen and oxygen atoms in total. The molecule has 0 unspecified atom stereocenters. The Kier molecular flexibility index (Phi) is 4.60. The summed E-state index contributed by atoms with van der Waals surface area (Å²) in [6.07, 6.45) is 2.17. The van der Waals surface area contributed by atoms with Crippen LogP contribution in [0.25, 0.3) is 0 Å². The van der Waals surface area contributed by atoms with Crippen LogP contribution in [0.2, 0.25) is 0 Å². The Morgan fingerprint density at radius 2 is 2.11 bits per heavy atom. The van der Waals surface area contributed by atoms with Gasteiger partial charge in [0, 0.05) is 13.1 Å². The van der Waals surface area contributed by atoms with Crippen LogP contribution in [-0.2, 0) is 11.4 Å². The van der Waals surface area contributed by atoms with Gasteiger partial charge in [0.15, 0.2) is 6.61 Å². The number of ether oxygens (including phenoxy) is 1. The molecule has 5 heteroatoms. The molecule has 1 aliphatic heterocycles. The average molecular weight is 314 g/mol. The number of likely N-dealkylation sites (tertiary alicyclic amines) is 1. The van der Waals surface area contributed by atoms with Crippen molar-refractivity contribution in [2.45, 2.75) is 19.4 Å². The quantitative estimate of drug-likeness (QED) is 0.924. The van der Waals surface area contributed by atoms with Crippen LogP contribution < -0.4 is 4.74 Å². The fraction of sp³-hybridized carbons (Fsp3) is 0.462. The van der Waals surface area contributed by atoms with Crippen molar-refractivity contribution in [1.82, 2.24) is 4.90 Å². The van der Waals surface area contributed by atoms with E-state index in [1.165, 1.54) is 0 Å². The molecule has 1 aromatic rings. The van der Waals surface area contributed by atoms with Crippen LogP contribution in [0, 0.1) is 0 Å². The first-order valence-corrected chi connectivity index (χ1v) is 6.80. The van der Waals surface area contributed by atoms with Gasteiger partial charge in [0.25, 0.3) is 5.91 Å². The number of amides is 1. The minimum atomic E-state index is -0.00834. The zero-order valence-electron chi connectivity index (χ0n) is 10.1. The lowest BCUT2D eigenvalue weighted by molar-refractivity contribution is -0.132. The number of carbonyl (C=O) groups excluding carboxylic acids is 1. The Morgan fingerprint density at radius 1 is 1.39 bits per heavy atom. The van der Waals surface area contributed by atoms with Gasteiger partial charge in [-0.2, -0.15) is 0 Å². The smallest absolute Gasteiger partial charge is 0.260 e. The maximum atomic E-state index is 11.8. The Hall–Kier alpha value is -1.07. The third-order valence-electron chi connectivity index (χ3n) is 2.99. The van der Waals surface area contributed by atoms with Gasteiger partial charge in [-0.1, -0.05) is 6.07 Å². The van der Waals surface area contributed by atoms with E-state index in [1.54, 1.807) is 18.2 Å². The average Bonchev–Trinajstić information content (AvgIpc) is 2.90. The Morgan fingerprint density at radius 3 is 2.72 bits per heavy atom. The maximum Gasteiger partial charge on any atom is 0.260 e. The molecule has 1 N–H and O–H groups in total. The highest BCUT2D eigenvalue weighted by atomic mass is 79.9. The molecule has 1 fully saturated rings. The van der Waals surface area contributed by atoms with Gasteiger partial charge in [0.2, 0.25) is 0 Å². The Bertz CT molecular complexity index is 430. The van der Waals surface area contributed by atoms with Crippen LogP contribution in [0.4, 0.5) is 0 Å². The first-order chi connectivity index (χ1) is 8.70. The zero-order valence-corrected chi connectivity index (χ0v) is 11.6. The summed E-state index contributed by atoms with van der Waals surface area (Å²) in [5.41, 5.74) is 0.806. The first-order valence-electron chi connectivity index (χ1n) is 6.00. The third-order valence-corrected chi connectivity index (χ3v) is 3.61. The molecule has 1 heterocycles. The number of nitrogens with zero attached hydrogens (tertiary/aromatic N) is 1. The number of hydrogen-bond donors (Lipinski definition) is 1. The van der Waals surface area contributed by atoms with Crippen LogP contribution in [0.1, 0.15) is 18.4 Å². The molecule has 0 aliphatic carbocycles. The van der Waals surface area contributed by atoms with E-state index in [9.17, 15) is 4.79 Å². The Balaban J connectivity index is 1.91. The SMILES string of the molecule is O=C(COc1ccc(CO)cc1Br)N1CCCC1. The van der Waals surface area contributed by atoms with Crippen molar-refractivity contribution in [2.75, 3.05) is 19.7 Å². The van der Waals surface area contributed by atoms with E-state index in [0.29, 0.717) is 5.75 Å². The molecular formula is C13H16BrNO3. The van der Waals surface area contributed by atoms with E-state index in [0.717, 1.165) is 36.0 Å². The van der Waals surface area contributed by atoms with Gasteiger partial charge < -0.3 is 14.7 Å². The fourth-order valence-corrected chi connectivity index (χ4v) is 2.50. The molecule has 0 radical (unpaired) electrons. The number of rotatable bonds is 4. The molecule has 18 heavy (non-hydrogen) atoms. The number of carbonyl (C=O) groups is 1. The normalized spacial score (nSPS) is 14.9. The van der Waals surface area contributed by atoms with Gasteiger partial charge in [0.1, 0.15) is 5.75 Å². The second-order valence-electron chi connectivity index (χ2n) is 4.30. The highest BCUT2D eigenvalue weighted by Gasteiger charge is 2.18. The van der Waals surface area contributed by atoms with Crippen molar-refractivity contribution in [3.05, 3.63) is 28.2 Å². The summed E-state index contributed by atoms with van der Waals surface area (Å²) in [5, 5.41) is 8.99. The van der Waals surface area contributed by atoms with Crippen molar-refractivity contribution in [3.63, 3.8) is 0 Å². The summed E-state index contributed by atoms with van der Waals surface area (Å²) in [4.78, 5) is 13.6. The molecular weight excluding hydrogens is 298 g/mol. The van der Waals surface area contributed by atoms with E-state index in [1.807, 2.05) is 4.90 Å². The van der Waals surface area contributed by atoms with Crippen molar-refractivity contribution < 1.29 is 14.6 Å². The van der Waals surface area contributed by atoms with Gasteiger partial charge in [-0.3, -0.25) is 4.79 Å². The lowest BCUT2D eigenvalue weighted by atomic mass is 10.2. The van der Waals surface area contributed by atoms with E-state index in [2.05, 4.69) is 15.9 Å². The number of hydrogen-bond acceptors (Lipinski definition) is 3. The standard InChI is InChI=1S/C13H16BrNO3/c14-11-7-10(8-16)3-4-12(11)18-9-13(17)15-5-1-2-6-15/h3-4,7,16H,1-2,5-6,8-9H2. The van der Waals surface area contributed by atoms with Crippen molar-refractivity contribution in [3.8, 4) is 5.75 Å². The molecule has 0 aromatic heterocycles. The summed E-state index contributed by atoms with van der Waals surface area (Å²) < 4.78 is 6.24. The van der Waals surface area contributed by atoms with Crippen LogP contribution in [-0.4, -0.2) is 35.6 Å². The van der Waals surface area contributed by atoms with Crippen molar-refractivity contribution in [2.24, 2.45) is 0 Å². The fourth-order valence-electron chi connectivity index (χ4n) is 1.96. The van der Waals surface area contributed by atoms with Gasteiger partial charge in [0.05, 0.1) is 11.1 Å². The highest BCUT2D eigenvalue weighted by Crippen LogP contribution is 2.26. The second-order valence-corrected chi connectivity index (χ2v) is 5.15. The van der Waals surface area contributed by atoms with Gasteiger partial charge in [-0.25, -0.2) is 0 Å². The van der Waals surface area contributed by atoms with Crippen molar-refractivity contribution in [1.29, 1.82) is 0 Å². The molecule has 0 bridgehead atoms. The van der Waals surface area contributed by atoms with Crippen LogP contribution >= 0.6 is 15.9 Å². The van der Waals surface area contributed by atoms with Crippen molar-refractivity contribution >= 4 is 21.8 Å². The van der Waals surface area contributed by atoms with Crippen LogP contribution in [0.15, 0.2) is 22.7 Å². The van der Waals surface area contributed by atoms with Gasteiger partial charge >= 0.3 is 0 Å². The summed E-state index contributed by atoms with van der Waals surface area (Å²) in [5.74, 6) is 0.658. The zero-order chi connectivity index (χ0) is 13.0. The summed E-state index contributed by atoms with van der Waals surface area (Å²) in [6, 6.07) is 5.32. The van der Waals surface area contributed by atoms with Crippen LogP contribution in [0.5, 0.6) is 5.75 Å². The second kappa shape index (κ2) is 6.20. The van der Waals surface area contributed by atoms with E-state index in [4.69, 9.17) is 9.84 Å². The number of benzene rings is 1. The molecule has 0 spiro atoms. The molecule has 0 atom stereocenters. The summed E-state index contributed by atoms with van der Waals surface area (Å²) in [7, 11) is 0. The minimum Gasteiger partial charge on any atom is -0.483 e. The Labute approximate surface area is 115 Å². The first kappa shape index (κ1) is 13.4. The minimum absolute atomic E-state index is 0.00834. The largest absolute Gasteiger partial charge is 0.483 e. The molecule has 1 saturated heterocycles. The number of aliphatic hydroxyl groups is 1. The predicted molar refractivity (Wildman–Crippen MR) is 71.4 cm³/mol. The highest BCUT2D eigenvalue weighted by molar-refractivity contribution is 9.10. The van der Waals surface area contributed by atoms with Crippen LogP contribution in [0.3, 0.4) is 0 Å². The summed E-state index contributed by atoms with van der Waals surface area (Å²) >= 11 is 3.36. The number of aliphatic hydroxyl groups excluding tert-OH is 1. The van der Waals surface area contributed by atoms with E-state index in [-0.39, 0.29) is 19.1 Å². The van der Waals surface area contributed by atoms with Gasteiger partial charge in [-0.15, -0.1) is 0 Å². The third kappa shape index (κ3) is 3.23. The molecule has 1 amide bonds. The van der Waals surface area contributed by atoms with E-state index >= 15 is 0 Å². The number of halogens is 1. The molecule has 98 valence electrons. The monoisotopic (exact) mass is 313 g/mol. The lowest BCUT2D eigenvalue weighted by Gasteiger charge is -2.16. The van der Waals surface area contributed by atoms with Gasteiger partial charge in [-0.05, 0) is 46.5 Å². The van der Waals surface area contributed by atoms with E-state index < -0.39 is 0 Å². The molecule has 0 saturated carbocycles. The molecule has 1 aliphatic rings. The molecule has 2 rings (SSSR count). The molecule has 1 aromatic carbocycles. The maximum absolute atomic E-state index is 11.8. The summed E-state index contributed by atoms with van der Waals surface area (Å²) in [6.45, 7) is 1.74.